The van der Waals surface area contributed by atoms with Crippen molar-refractivity contribution in [2.24, 2.45) is 0 Å². The molecule has 0 unspecified atom stereocenters. The summed E-state index contributed by atoms with van der Waals surface area (Å²) in [5.74, 6) is -1.17. The molecule has 0 aliphatic carbocycles. The fourth-order valence-electron chi connectivity index (χ4n) is 4.89. The number of phenols is 1. The van der Waals surface area contributed by atoms with E-state index < -0.39 is 34.7 Å². The van der Waals surface area contributed by atoms with Crippen molar-refractivity contribution in [2.45, 2.75) is 23.5 Å². The number of aromatic hydroxyl groups is 1. The summed E-state index contributed by atoms with van der Waals surface area (Å²) in [5, 5.41) is 22.7. The number of aliphatic hydroxyl groups is 1. The zero-order valence-electron chi connectivity index (χ0n) is 24.3. The Kier molecular flexibility index (Phi) is 9.83. The van der Waals surface area contributed by atoms with Crippen LogP contribution in [0.2, 0.25) is 0 Å². The highest BCUT2D eigenvalue weighted by Gasteiger charge is 2.32. The molecule has 3 aromatic carbocycles. The number of carbonyl (C=O) groups is 1. The van der Waals surface area contributed by atoms with Crippen molar-refractivity contribution < 1.29 is 42.1 Å². The number of rotatable bonds is 12. The molecule has 2 heterocycles. The number of allylic oxidation sites excluding steroid dienone is 1. The van der Waals surface area contributed by atoms with Gasteiger partial charge in [-0.25, -0.2) is 8.42 Å². The summed E-state index contributed by atoms with van der Waals surface area (Å²) < 4.78 is 50.2. The summed E-state index contributed by atoms with van der Waals surface area (Å²) in [4.78, 5) is 26.7. The maximum absolute atomic E-state index is 13.4. The lowest BCUT2D eigenvalue weighted by atomic mass is 9.93. The van der Waals surface area contributed by atoms with Crippen molar-refractivity contribution in [2.75, 3.05) is 38.7 Å². The van der Waals surface area contributed by atoms with E-state index in [1.165, 1.54) is 55.8 Å². The summed E-state index contributed by atoms with van der Waals surface area (Å²) in [6.07, 6.45) is 1.89. The highest BCUT2D eigenvalue weighted by molar-refractivity contribution is 7.89. The van der Waals surface area contributed by atoms with Gasteiger partial charge in [0, 0.05) is 31.0 Å². The van der Waals surface area contributed by atoms with Crippen LogP contribution in [0.1, 0.15) is 17.9 Å². The van der Waals surface area contributed by atoms with Gasteiger partial charge in [-0.1, -0.05) is 24.3 Å². The molecule has 12 nitrogen and oxygen atoms in total. The van der Waals surface area contributed by atoms with Gasteiger partial charge >= 0.3 is 0 Å². The van der Waals surface area contributed by atoms with E-state index in [0.29, 0.717) is 16.7 Å². The van der Waals surface area contributed by atoms with Gasteiger partial charge in [0.2, 0.25) is 16.3 Å². The van der Waals surface area contributed by atoms with Crippen molar-refractivity contribution >= 4 is 32.6 Å². The fraction of sp³-hybridized carbons (Fsp3) is 0.250. The maximum Gasteiger partial charge on any atom is 0.290 e. The first-order chi connectivity index (χ1) is 21.7. The zero-order chi connectivity index (χ0) is 32.0. The molecule has 45 heavy (non-hydrogen) atoms. The number of hydrogen-bond acceptors (Lipinski definition) is 10. The number of sulfonamides is 1. The van der Waals surface area contributed by atoms with Crippen molar-refractivity contribution in [3.8, 4) is 11.5 Å². The molecule has 1 aliphatic heterocycles. The standard InChI is InChI=1S/C32H32N2O10S/c1-41-22-10-12-23(13-11-22)45(39,40)34(14-16-35)15-17-42-30-19-21(25-20-43-28-9-5-2-6-24(28)31(25)37)18-29(44-30)32(38)33-26-7-3-4-8-27(26)36/h2-13,18,20-21,30,35-36H,14-17,19H2,1H3,(H,33,38)/t21-,30+/m1/s1. The molecular formula is C32H32N2O10S. The molecule has 0 spiro atoms. The van der Waals surface area contributed by atoms with Crippen molar-refractivity contribution in [3.63, 3.8) is 0 Å². The number of benzene rings is 3. The minimum absolute atomic E-state index is 0.0137. The van der Waals surface area contributed by atoms with Gasteiger partial charge in [-0.3, -0.25) is 9.59 Å². The SMILES string of the molecule is COc1ccc(S(=O)(=O)N(CCO)CCO[C@@H]2C[C@H](c3coc4ccccc4c3=O)C=C(C(=O)Nc3ccccc3O)O2)cc1. The topological polar surface area (TPSA) is 165 Å². The van der Waals surface area contributed by atoms with Gasteiger partial charge in [0.1, 0.15) is 17.1 Å². The summed E-state index contributed by atoms with van der Waals surface area (Å²) in [7, 11) is -2.52. The van der Waals surface area contributed by atoms with Crippen LogP contribution in [0.25, 0.3) is 11.0 Å². The van der Waals surface area contributed by atoms with Crippen LogP contribution >= 0.6 is 0 Å². The molecule has 3 N–H and O–H groups in total. The molecule has 0 saturated heterocycles. The third-order valence-corrected chi connectivity index (χ3v) is 9.14. The molecule has 0 fully saturated rings. The van der Waals surface area contributed by atoms with E-state index in [1.807, 2.05) is 0 Å². The fourth-order valence-corrected chi connectivity index (χ4v) is 6.31. The molecule has 1 aliphatic rings. The first-order valence-corrected chi connectivity index (χ1v) is 15.5. The Morgan fingerprint density at radius 2 is 1.78 bits per heavy atom. The Morgan fingerprint density at radius 3 is 2.51 bits per heavy atom. The van der Waals surface area contributed by atoms with E-state index in [1.54, 1.807) is 36.4 Å². The normalized spacial score (nSPS) is 16.6. The van der Waals surface area contributed by atoms with Crippen LogP contribution in [0.5, 0.6) is 11.5 Å². The number of fused-ring (bicyclic) bond motifs is 1. The molecule has 2 atom stereocenters. The maximum atomic E-state index is 13.4. The predicted octanol–water partition coefficient (Wildman–Crippen LogP) is 3.56. The van der Waals surface area contributed by atoms with Crippen LogP contribution in [0.3, 0.4) is 0 Å². The number of nitrogens with zero attached hydrogens (tertiary/aromatic N) is 1. The average Bonchev–Trinajstić information content (AvgIpc) is 3.05. The first kappa shape index (κ1) is 31.7. The number of amides is 1. The van der Waals surface area contributed by atoms with E-state index >= 15 is 0 Å². The van der Waals surface area contributed by atoms with Crippen LogP contribution in [-0.4, -0.2) is 68.5 Å². The van der Waals surface area contributed by atoms with Gasteiger partial charge in [0.05, 0.1) is 42.6 Å². The lowest BCUT2D eigenvalue weighted by molar-refractivity contribution is -0.143. The van der Waals surface area contributed by atoms with Crippen LogP contribution in [0.4, 0.5) is 5.69 Å². The highest BCUT2D eigenvalue weighted by Crippen LogP contribution is 2.32. The monoisotopic (exact) mass is 636 g/mol. The molecule has 1 aromatic heterocycles. The average molecular weight is 637 g/mol. The second kappa shape index (κ2) is 13.9. The largest absolute Gasteiger partial charge is 0.506 e. The third kappa shape index (κ3) is 7.18. The predicted molar refractivity (Wildman–Crippen MR) is 164 cm³/mol. The number of carbonyl (C=O) groups excluding carboxylic acids is 1. The summed E-state index contributed by atoms with van der Waals surface area (Å²) in [6.45, 7) is -0.902. The summed E-state index contributed by atoms with van der Waals surface area (Å²) in [5.41, 5.74) is 0.566. The number of nitrogens with one attached hydrogen (secondary N) is 1. The molecule has 0 bridgehead atoms. The van der Waals surface area contributed by atoms with Gasteiger partial charge in [-0.2, -0.15) is 4.31 Å². The third-order valence-electron chi connectivity index (χ3n) is 7.23. The number of ether oxygens (including phenoxy) is 3. The second-order valence-electron chi connectivity index (χ2n) is 10.1. The van der Waals surface area contributed by atoms with Crippen LogP contribution < -0.4 is 15.5 Å². The smallest absolute Gasteiger partial charge is 0.290 e. The quantitative estimate of drug-likeness (QED) is 0.196. The molecular weight excluding hydrogens is 604 g/mol. The number of phenolic OH excluding ortho intramolecular Hbond substituents is 1. The van der Waals surface area contributed by atoms with E-state index in [-0.39, 0.29) is 59.2 Å². The minimum Gasteiger partial charge on any atom is -0.506 e. The van der Waals surface area contributed by atoms with Gasteiger partial charge in [-0.15, -0.1) is 0 Å². The Morgan fingerprint density at radius 1 is 1.04 bits per heavy atom. The molecule has 236 valence electrons. The van der Waals surface area contributed by atoms with E-state index in [2.05, 4.69) is 5.32 Å². The Hall–Kier alpha value is -4.69. The van der Waals surface area contributed by atoms with E-state index in [0.717, 1.165) is 4.31 Å². The first-order valence-electron chi connectivity index (χ1n) is 14.1. The van der Waals surface area contributed by atoms with Gasteiger partial charge in [0.15, 0.2) is 11.2 Å². The highest BCUT2D eigenvalue weighted by atomic mass is 32.2. The Balaban J connectivity index is 1.37. The zero-order valence-corrected chi connectivity index (χ0v) is 25.1. The lowest BCUT2D eigenvalue weighted by Gasteiger charge is -2.30. The summed E-state index contributed by atoms with van der Waals surface area (Å²) >= 11 is 0. The van der Waals surface area contributed by atoms with Crippen molar-refractivity contribution in [3.05, 3.63) is 107 Å². The van der Waals surface area contributed by atoms with Gasteiger partial charge in [0.25, 0.3) is 5.91 Å². The lowest BCUT2D eigenvalue weighted by Crippen LogP contribution is -2.38. The van der Waals surface area contributed by atoms with Crippen LogP contribution in [-0.2, 0) is 24.3 Å². The number of hydrogen-bond donors (Lipinski definition) is 3. The number of anilines is 1. The number of aliphatic hydroxyl groups excluding tert-OH is 1. The van der Waals surface area contributed by atoms with Crippen molar-refractivity contribution in [1.82, 2.24) is 4.31 Å². The van der Waals surface area contributed by atoms with Crippen LogP contribution in [0.15, 0.2) is 105 Å². The second-order valence-corrected chi connectivity index (χ2v) is 12.0. The van der Waals surface area contributed by atoms with Crippen molar-refractivity contribution in [1.29, 1.82) is 0 Å². The van der Waals surface area contributed by atoms with E-state index in [9.17, 15) is 28.2 Å². The number of para-hydroxylation sites is 3. The minimum atomic E-state index is -3.99. The number of methoxy groups -OCH3 is 1. The summed E-state index contributed by atoms with van der Waals surface area (Å²) in [6, 6.07) is 18.8. The molecule has 0 saturated carbocycles. The van der Waals surface area contributed by atoms with E-state index in [4.69, 9.17) is 18.6 Å². The van der Waals surface area contributed by atoms with Gasteiger partial charge in [-0.05, 0) is 54.6 Å². The Labute approximate surface area is 259 Å². The molecule has 0 radical (unpaired) electrons. The Bertz CT molecular complexity index is 1850. The van der Waals surface area contributed by atoms with Gasteiger partial charge < -0.3 is 34.2 Å². The molecule has 4 aromatic rings. The molecule has 1 amide bonds. The molecule has 5 rings (SSSR count). The molecule has 13 heteroatoms. The van der Waals surface area contributed by atoms with Crippen LogP contribution in [0, 0.1) is 0 Å².